The van der Waals surface area contributed by atoms with E-state index in [4.69, 9.17) is 5.11 Å². The van der Waals surface area contributed by atoms with Gasteiger partial charge < -0.3 is 15.3 Å². The third-order valence-corrected chi connectivity index (χ3v) is 3.35. The van der Waals surface area contributed by atoms with Gasteiger partial charge >= 0.3 is 0 Å². The van der Waals surface area contributed by atoms with E-state index in [1.54, 1.807) is 18.3 Å². The average Bonchev–Trinajstić information content (AvgIpc) is 2.89. The SMILES string of the molecule is CN1CCC(CNC(=O)c2ccc(C#CCO)cn2)C1. The number of aliphatic hydroxyl groups excluding tert-OH is 1. The first kappa shape index (κ1) is 14.5. The van der Waals surface area contributed by atoms with Crippen molar-refractivity contribution in [2.75, 3.05) is 33.3 Å². The zero-order chi connectivity index (χ0) is 14.4. The summed E-state index contributed by atoms with van der Waals surface area (Å²) in [5.41, 5.74) is 1.08. The Labute approximate surface area is 119 Å². The van der Waals surface area contributed by atoms with Crippen LogP contribution < -0.4 is 5.32 Å². The molecular formula is C15H19N3O2. The van der Waals surface area contributed by atoms with Gasteiger partial charge in [-0.2, -0.15) is 0 Å². The summed E-state index contributed by atoms with van der Waals surface area (Å²) in [6.07, 6.45) is 2.67. The van der Waals surface area contributed by atoms with E-state index in [-0.39, 0.29) is 12.5 Å². The number of nitrogens with one attached hydrogen (secondary N) is 1. The molecule has 1 atom stereocenters. The van der Waals surface area contributed by atoms with Crippen LogP contribution in [0.5, 0.6) is 0 Å². The molecule has 0 radical (unpaired) electrons. The second-order valence-corrected chi connectivity index (χ2v) is 5.02. The predicted octanol–water partition coefficient (Wildman–Crippen LogP) is 0.107. The molecule has 5 heteroatoms. The molecule has 1 aromatic rings. The number of nitrogens with zero attached hydrogens (tertiary/aromatic N) is 2. The molecule has 0 aromatic carbocycles. The van der Waals surface area contributed by atoms with Crippen LogP contribution in [0.1, 0.15) is 22.5 Å². The van der Waals surface area contributed by atoms with Crippen LogP contribution in [0.3, 0.4) is 0 Å². The van der Waals surface area contributed by atoms with Crippen molar-refractivity contribution < 1.29 is 9.90 Å². The monoisotopic (exact) mass is 273 g/mol. The highest BCUT2D eigenvalue weighted by atomic mass is 16.2. The molecule has 2 heterocycles. The molecule has 1 amide bonds. The number of hydrogen-bond donors (Lipinski definition) is 2. The molecule has 2 rings (SSSR count). The number of carbonyl (C=O) groups is 1. The first-order chi connectivity index (χ1) is 9.69. The Bertz CT molecular complexity index is 516. The Kier molecular flexibility index (Phi) is 5.10. The van der Waals surface area contributed by atoms with Gasteiger partial charge in [-0.1, -0.05) is 11.8 Å². The Hall–Kier alpha value is -1.90. The summed E-state index contributed by atoms with van der Waals surface area (Å²) >= 11 is 0. The summed E-state index contributed by atoms with van der Waals surface area (Å²) in [6.45, 7) is 2.63. The van der Waals surface area contributed by atoms with Gasteiger partial charge in [-0.05, 0) is 38.1 Å². The fraction of sp³-hybridized carbons (Fsp3) is 0.467. The minimum Gasteiger partial charge on any atom is -0.384 e. The van der Waals surface area contributed by atoms with E-state index in [0.717, 1.165) is 19.5 Å². The zero-order valence-corrected chi connectivity index (χ0v) is 11.6. The molecule has 1 aliphatic heterocycles. The van der Waals surface area contributed by atoms with Crippen LogP contribution in [-0.4, -0.2) is 54.2 Å². The summed E-state index contributed by atoms with van der Waals surface area (Å²) in [5, 5.41) is 11.5. The van der Waals surface area contributed by atoms with Crippen molar-refractivity contribution in [1.29, 1.82) is 0 Å². The summed E-state index contributed by atoms with van der Waals surface area (Å²) < 4.78 is 0. The molecular weight excluding hydrogens is 254 g/mol. The van der Waals surface area contributed by atoms with Gasteiger partial charge in [0, 0.05) is 24.8 Å². The molecule has 1 saturated heterocycles. The molecule has 1 fully saturated rings. The number of aliphatic hydroxyl groups is 1. The molecule has 106 valence electrons. The Balaban J connectivity index is 1.86. The highest BCUT2D eigenvalue weighted by Crippen LogP contribution is 2.13. The molecule has 2 N–H and O–H groups in total. The standard InChI is InChI=1S/C15H19N3O2/c1-18-7-6-13(11-18)10-17-15(20)14-5-4-12(9-16-14)3-2-8-19/h4-5,9,13,19H,6-8,10-11H2,1H3,(H,17,20). The Morgan fingerprint density at radius 2 is 2.45 bits per heavy atom. The van der Waals surface area contributed by atoms with Crippen LogP contribution in [0, 0.1) is 17.8 Å². The van der Waals surface area contributed by atoms with Crippen molar-refractivity contribution in [3.8, 4) is 11.8 Å². The molecule has 0 spiro atoms. The maximum atomic E-state index is 11.9. The minimum absolute atomic E-state index is 0.152. The second kappa shape index (κ2) is 7.04. The summed E-state index contributed by atoms with van der Waals surface area (Å²) in [6, 6.07) is 3.38. The average molecular weight is 273 g/mol. The fourth-order valence-corrected chi connectivity index (χ4v) is 2.26. The number of amides is 1. The van der Waals surface area contributed by atoms with Crippen LogP contribution in [0.25, 0.3) is 0 Å². The fourth-order valence-electron chi connectivity index (χ4n) is 2.26. The lowest BCUT2D eigenvalue weighted by atomic mass is 10.1. The maximum absolute atomic E-state index is 11.9. The highest BCUT2D eigenvalue weighted by Gasteiger charge is 2.20. The van der Waals surface area contributed by atoms with Crippen LogP contribution in [0.4, 0.5) is 0 Å². The number of carbonyl (C=O) groups excluding carboxylic acids is 1. The quantitative estimate of drug-likeness (QED) is 0.767. The van der Waals surface area contributed by atoms with Gasteiger partial charge in [-0.25, -0.2) is 4.98 Å². The van der Waals surface area contributed by atoms with Crippen molar-refractivity contribution in [3.63, 3.8) is 0 Å². The molecule has 1 aromatic heterocycles. The van der Waals surface area contributed by atoms with Crippen LogP contribution in [0.15, 0.2) is 18.3 Å². The lowest BCUT2D eigenvalue weighted by Crippen LogP contribution is -2.31. The summed E-state index contributed by atoms with van der Waals surface area (Å²) in [5.74, 6) is 5.66. The van der Waals surface area contributed by atoms with Crippen LogP contribution >= 0.6 is 0 Å². The van der Waals surface area contributed by atoms with Gasteiger partial charge in [0.1, 0.15) is 12.3 Å². The third-order valence-electron chi connectivity index (χ3n) is 3.35. The number of hydrogen-bond acceptors (Lipinski definition) is 4. The van der Waals surface area contributed by atoms with Gasteiger partial charge in [-0.3, -0.25) is 4.79 Å². The Morgan fingerprint density at radius 3 is 3.05 bits per heavy atom. The second-order valence-electron chi connectivity index (χ2n) is 5.02. The lowest BCUT2D eigenvalue weighted by molar-refractivity contribution is 0.0942. The minimum atomic E-state index is -0.182. The Morgan fingerprint density at radius 1 is 1.60 bits per heavy atom. The summed E-state index contributed by atoms with van der Waals surface area (Å²) in [7, 11) is 2.09. The van der Waals surface area contributed by atoms with Gasteiger partial charge in [0.15, 0.2) is 0 Å². The largest absolute Gasteiger partial charge is 0.384 e. The molecule has 5 nitrogen and oxygen atoms in total. The third kappa shape index (κ3) is 4.05. The van der Waals surface area contributed by atoms with Gasteiger partial charge in [-0.15, -0.1) is 0 Å². The van der Waals surface area contributed by atoms with Crippen molar-refractivity contribution >= 4 is 5.91 Å². The smallest absolute Gasteiger partial charge is 0.269 e. The first-order valence-corrected chi connectivity index (χ1v) is 6.71. The van der Waals surface area contributed by atoms with E-state index >= 15 is 0 Å². The number of rotatable bonds is 3. The van der Waals surface area contributed by atoms with Crippen molar-refractivity contribution in [1.82, 2.24) is 15.2 Å². The van der Waals surface area contributed by atoms with Gasteiger partial charge in [0.25, 0.3) is 5.91 Å². The normalized spacial score (nSPS) is 18.4. The number of likely N-dealkylation sites (tertiary alicyclic amines) is 1. The van der Waals surface area contributed by atoms with Gasteiger partial charge in [0.2, 0.25) is 0 Å². The van der Waals surface area contributed by atoms with Crippen molar-refractivity contribution in [2.24, 2.45) is 5.92 Å². The van der Waals surface area contributed by atoms with E-state index in [0.29, 0.717) is 23.7 Å². The number of aromatic nitrogens is 1. The molecule has 1 aliphatic rings. The van der Waals surface area contributed by atoms with Crippen LogP contribution in [-0.2, 0) is 0 Å². The van der Waals surface area contributed by atoms with Crippen molar-refractivity contribution in [3.05, 3.63) is 29.6 Å². The summed E-state index contributed by atoms with van der Waals surface area (Å²) in [4.78, 5) is 18.3. The topological polar surface area (TPSA) is 65.5 Å². The van der Waals surface area contributed by atoms with E-state index in [2.05, 4.69) is 34.1 Å². The van der Waals surface area contributed by atoms with Gasteiger partial charge in [0.05, 0.1) is 0 Å². The molecule has 1 unspecified atom stereocenters. The van der Waals surface area contributed by atoms with E-state index < -0.39 is 0 Å². The van der Waals surface area contributed by atoms with E-state index in [1.807, 2.05) is 0 Å². The zero-order valence-electron chi connectivity index (χ0n) is 11.6. The van der Waals surface area contributed by atoms with E-state index in [9.17, 15) is 4.79 Å². The van der Waals surface area contributed by atoms with E-state index in [1.165, 1.54) is 0 Å². The van der Waals surface area contributed by atoms with Crippen molar-refractivity contribution in [2.45, 2.75) is 6.42 Å². The molecule has 0 aliphatic carbocycles. The molecule has 0 bridgehead atoms. The maximum Gasteiger partial charge on any atom is 0.269 e. The molecule has 0 saturated carbocycles. The predicted molar refractivity (Wildman–Crippen MR) is 76.1 cm³/mol. The van der Waals surface area contributed by atoms with Crippen LogP contribution in [0.2, 0.25) is 0 Å². The highest BCUT2D eigenvalue weighted by molar-refractivity contribution is 5.92. The first-order valence-electron chi connectivity index (χ1n) is 6.71. The molecule has 20 heavy (non-hydrogen) atoms. The number of pyridine rings is 1. The lowest BCUT2D eigenvalue weighted by Gasteiger charge is -2.11.